The zero-order valence-corrected chi connectivity index (χ0v) is 19.1. The first kappa shape index (κ1) is 22.0. The Morgan fingerprint density at radius 1 is 1.10 bits per heavy atom. The topological polar surface area (TPSA) is 80.2 Å². The fraction of sp³-hybridized carbons (Fsp3) is 0.348. The Hall–Kier alpha value is -2.19. The van der Waals surface area contributed by atoms with Crippen molar-refractivity contribution in [1.82, 2.24) is 14.6 Å². The summed E-state index contributed by atoms with van der Waals surface area (Å²) in [4.78, 5) is 14.2. The van der Waals surface area contributed by atoms with E-state index in [1.54, 1.807) is 49.5 Å². The number of nitrogens with one attached hydrogen (secondary N) is 2. The molecule has 8 heteroatoms. The average molecular weight is 460 g/mol. The van der Waals surface area contributed by atoms with Crippen LogP contribution in [0.1, 0.15) is 36.2 Å². The number of carbonyl (C=O) groups excluding carboxylic acids is 1. The number of halogens is 1. The number of ketones is 1. The van der Waals surface area contributed by atoms with E-state index in [1.807, 2.05) is 7.05 Å². The predicted octanol–water partition coefficient (Wildman–Crippen LogP) is 3.83. The van der Waals surface area contributed by atoms with Crippen molar-refractivity contribution in [2.75, 3.05) is 14.1 Å². The molecule has 0 bridgehead atoms. The van der Waals surface area contributed by atoms with Gasteiger partial charge in [0, 0.05) is 16.5 Å². The molecule has 0 radical (unpaired) electrons. The molecule has 2 N–H and O–H groups in total. The number of hydrogen-bond acceptors (Lipinski definition) is 5. The van der Waals surface area contributed by atoms with Crippen LogP contribution in [0.2, 0.25) is 5.02 Å². The van der Waals surface area contributed by atoms with Gasteiger partial charge in [-0.25, -0.2) is 12.4 Å². The van der Waals surface area contributed by atoms with Gasteiger partial charge in [0.2, 0.25) is 5.78 Å². The van der Waals surface area contributed by atoms with E-state index in [-0.39, 0.29) is 22.4 Å². The van der Waals surface area contributed by atoms with Crippen molar-refractivity contribution in [2.45, 2.75) is 42.2 Å². The quantitative estimate of drug-likeness (QED) is 0.547. The number of rotatable bonds is 6. The lowest BCUT2D eigenvalue weighted by atomic mass is 9.73. The summed E-state index contributed by atoms with van der Waals surface area (Å²) in [5, 5.41) is 7.60. The Kier molecular flexibility index (Phi) is 5.96. The Balaban J connectivity index is 1.98. The van der Waals surface area contributed by atoms with Crippen molar-refractivity contribution in [3.8, 4) is 0 Å². The zero-order chi connectivity index (χ0) is 22.2. The van der Waals surface area contributed by atoms with Crippen LogP contribution in [-0.4, -0.2) is 43.8 Å². The van der Waals surface area contributed by atoms with Crippen molar-refractivity contribution in [3.05, 3.63) is 65.3 Å². The Morgan fingerprint density at radius 3 is 2.52 bits per heavy atom. The molecule has 0 saturated heterocycles. The molecule has 2 atom stereocenters. The second kappa shape index (κ2) is 8.39. The molecule has 1 aliphatic rings. The van der Waals surface area contributed by atoms with Gasteiger partial charge in [0.05, 0.1) is 16.0 Å². The number of Topliss-reactive ketones (excluding diaryl/α,β-unsaturated/α-hetero) is 1. The van der Waals surface area contributed by atoms with Crippen LogP contribution in [0.5, 0.6) is 0 Å². The minimum atomic E-state index is -4.00. The van der Waals surface area contributed by atoms with Crippen LogP contribution in [0.4, 0.5) is 0 Å². The summed E-state index contributed by atoms with van der Waals surface area (Å²) in [6, 6.07) is 14.7. The molecule has 1 fully saturated rings. The smallest absolute Gasteiger partial charge is 0.268 e. The van der Waals surface area contributed by atoms with Crippen molar-refractivity contribution in [3.63, 3.8) is 0 Å². The molecule has 6 nitrogen and oxygen atoms in total. The number of nitrogens with zero attached hydrogens (tertiary/aromatic N) is 1. The second-order valence-corrected chi connectivity index (χ2v) is 10.2. The minimum Gasteiger partial charge on any atom is -0.315 e. The lowest BCUT2D eigenvalue weighted by Crippen LogP contribution is -2.64. The third-order valence-corrected chi connectivity index (χ3v) is 8.32. The number of aromatic nitrogens is 1. The average Bonchev–Trinajstić information content (AvgIpc) is 3.18. The van der Waals surface area contributed by atoms with Gasteiger partial charge in [0.15, 0.2) is 0 Å². The van der Waals surface area contributed by atoms with Crippen LogP contribution in [0, 0.1) is 0 Å². The number of fused-ring (bicyclic) bond motifs is 1. The molecule has 2 unspecified atom stereocenters. The molecule has 3 aromatic rings. The van der Waals surface area contributed by atoms with Crippen LogP contribution in [0.3, 0.4) is 0 Å². The van der Waals surface area contributed by atoms with Gasteiger partial charge in [-0.2, -0.15) is 0 Å². The Labute approximate surface area is 187 Å². The maximum absolute atomic E-state index is 14.1. The summed E-state index contributed by atoms with van der Waals surface area (Å²) in [5.41, 5.74) is -0.327. The fourth-order valence-corrected chi connectivity index (χ4v) is 6.47. The minimum absolute atomic E-state index is 0.103. The number of carbonyl (C=O) groups is 1. The highest BCUT2D eigenvalue weighted by atomic mass is 35.5. The highest BCUT2D eigenvalue weighted by molar-refractivity contribution is 7.90. The maximum Gasteiger partial charge on any atom is 0.268 e. The van der Waals surface area contributed by atoms with Crippen molar-refractivity contribution >= 4 is 38.3 Å². The number of benzene rings is 2. The molecule has 0 spiro atoms. The highest BCUT2D eigenvalue weighted by Crippen LogP contribution is 2.35. The monoisotopic (exact) mass is 459 g/mol. The van der Waals surface area contributed by atoms with E-state index in [1.165, 1.54) is 16.1 Å². The normalized spacial score (nSPS) is 22.0. The van der Waals surface area contributed by atoms with Gasteiger partial charge in [0.25, 0.3) is 10.0 Å². The number of likely N-dealkylation sites (N-methyl/N-ethyl adjacent to an activating group) is 2. The van der Waals surface area contributed by atoms with Crippen molar-refractivity contribution in [1.29, 1.82) is 0 Å². The van der Waals surface area contributed by atoms with Gasteiger partial charge in [-0.15, -0.1) is 0 Å². The van der Waals surface area contributed by atoms with Gasteiger partial charge < -0.3 is 10.6 Å². The van der Waals surface area contributed by atoms with Gasteiger partial charge in [-0.05, 0) is 63.3 Å². The summed E-state index contributed by atoms with van der Waals surface area (Å²) in [6.45, 7) is 0. The van der Waals surface area contributed by atoms with Crippen molar-refractivity contribution in [2.24, 2.45) is 0 Å². The molecule has 164 valence electrons. The first-order chi connectivity index (χ1) is 14.8. The highest BCUT2D eigenvalue weighted by Gasteiger charge is 2.47. The zero-order valence-electron chi connectivity index (χ0n) is 17.6. The molecule has 0 amide bonds. The molecule has 4 rings (SSSR count). The first-order valence-corrected chi connectivity index (χ1v) is 12.2. The summed E-state index contributed by atoms with van der Waals surface area (Å²) in [6.07, 6.45) is 3.37. The van der Waals surface area contributed by atoms with E-state index in [0.717, 1.165) is 19.3 Å². The number of hydrogen-bond donors (Lipinski definition) is 2. The molecule has 1 aliphatic carbocycles. The Bertz CT molecular complexity index is 1220. The van der Waals surface area contributed by atoms with E-state index in [0.29, 0.717) is 22.3 Å². The summed E-state index contributed by atoms with van der Waals surface area (Å²) < 4.78 is 28.6. The molecule has 1 saturated carbocycles. The van der Waals surface area contributed by atoms with E-state index < -0.39 is 15.6 Å². The van der Waals surface area contributed by atoms with Crippen LogP contribution in [0.15, 0.2) is 59.5 Å². The maximum atomic E-state index is 14.1. The third-order valence-electron chi connectivity index (χ3n) is 6.34. The summed E-state index contributed by atoms with van der Waals surface area (Å²) in [5.74, 6) is -0.235. The van der Waals surface area contributed by atoms with Crippen LogP contribution in [0.25, 0.3) is 10.9 Å². The molecular formula is C23H26ClN3O3S. The summed E-state index contributed by atoms with van der Waals surface area (Å²) >= 11 is 6.17. The molecule has 2 aromatic carbocycles. The van der Waals surface area contributed by atoms with Crippen LogP contribution >= 0.6 is 11.6 Å². The summed E-state index contributed by atoms with van der Waals surface area (Å²) in [7, 11) is -0.398. The molecule has 1 heterocycles. The van der Waals surface area contributed by atoms with Gasteiger partial charge >= 0.3 is 0 Å². The molecule has 31 heavy (non-hydrogen) atoms. The third kappa shape index (κ3) is 3.59. The first-order valence-electron chi connectivity index (χ1n) is 10.4. The lowest BCUT2D eigenvalue weighted by Gasteiger charge is -2.42. The molecule has 0 aliphatic heterocycles. The van der Waals surface area contributed by atoms with E-state index in [4.69, 9.17) is 11.6 Å². The largest absolute Gasteiger partial charge is 0.315 e. The molecule has 1 aromatic heterocycles. The van der Waals surface area contributed by atoms with Crippen LogP contribution in [-0.2, 0) is 10.0 Å². The van der Waals surface area contributed by atoms with E-state index in [9.17, 15) is 13.2 Å². The van der Waals surface area contributed by atoms with E-state index in [2.05, 4.69) is 10.6 Å². The van der Waals surface area contributed by atoms with Gasteiger partial charge in [0.1, 0.15) is 5.69 Å². The Morgan fingerprint density at radius 2 is 1.84 bits per heavy atom. The second-order valence-electron chi connectivity index (χ2n) is 7.95. The predicted molar refractivity (Wildman–Crippen MR) is 123 cm³/mol. The molecular weight excluding hydrogens is 434 g/mol. The van der Waals surface area contributed by atoms with Crippen LogP contribution < -0.4 is 10.6 Å². The van der Waals surface area contributed by atoms with Gasteiger partial charge in [-0.3, -0.25) is 4.79 Å². The lowest BCUT2D eigenvalue weighted by molar-refractivity contribution is 0.0743. The SMILES string of the molecule is CNC1CCCCC1(NC)C(=O)c1cc2cc(Cl)ccc2n1S(=O)(=O)c1ccccc1. The van der Waals surface area contributed by atoms with Crippen molar-refractivity contribution < 1.29 is 13.2 Å². The van der Waals surface area contributed by atoms with Gasteiger partial charge in [-0.1, -0.05) is 42.6 Å². The van der Waals surface area contributed by atoms with E-state index >= 15 is 0 Å². The standard InChI is InChI=1S/C23H26ClN3O3S/c1-25-21-10-6-7-13-23(21,26-2)22(28)20-15-16-14-17(24)11-12-19(16)27(20)31(29,30)18-8-4-3-5-9-18/h3-5,8-9,11-12,14-15,21,25-26H,6-7,10,13H2,1-2H3. The fourth-order valence-electron chi connectivity index (χ4n) is 4.75.